The molecule has 0 aromatic rings. The summed E-state index contributed by atoms with van der Waals surface area (Å²) < 4.78 is 0. The first-order chi connectivity index (χ1) is 5.88. The zero-order valence-electron chi connectivity index (χ0n) is 6.94. The van der Waals surface area contributed by atoms with Gasteiger partial charge >= 0.3 is 0 Å². The minimum Gasteiger partial charge on any atom is -0.298 e. The van der Waals surface area contributed by atoms with Crippen LogP contribution in [0.4, 0.5) is 0 Å². The number of carbonyl (C=O) groups excluding carboxylic acids is 1. The van der Waals surface area contributed by atoms with E-state index in [4.69, 9.17) is 0 Å². The lowest BCUT2D eigenvalue weighted by Gasteiger charge is -2.27. The van der Waals surface area contributed by atoms with E-state index in [1.807, 2.05) is 0 Å². The van der Waals surface area contributed by atoms with Crippen molar-refractivity contribution in [2.24, 2.45) is 23.7 Å². The van der Waals surface area contributed by atoms with E-state index in [2.05, 4.69) is 24.3 Å². The van der Waals surface area contributed by atoms with E-state index in [0.29, 0.717) is 17.6 Å². The van der Waals surface area contributed by atoms with Crippen LogP contribution in [-0.2, 0) is 4.79 Å². The van der Waals surface area contributed by atoms with E-state index in [9.17, 15) is 4.79 Å². The van der Waals surface area contributed by atoms with Crippen molar-refractivity contribution < 1.29 is 4.79 Å². The average Bonchev–Trinajstić information content (AvgIpc) is 2.61. The maximum Gasteiger partial charge on any atom is 0.147 e. The van der Waals surface area contributed by atoms with Gasteiger partial charge in [0.05, 0.1) is 0 Å². The first kappa shape index (κ1) is 6.64. The Kier molecular flexibility index (Phi) is 1.16. The van der Waals surface area contributed by atoms with Crippen molar-refractivity contribution in [3.63, 3.8) is 0 Å². The third-order valence-electron chi connectivity index (χ3n) is 3.64. The summed E-state index contributed by atoms with van der Waals surface area (Å²) in [7, 11) is 0. The fraction of sp³-hybridized carbons (Fsp3) is 0.545. The van der Waals surface area contributed by atoms with Gasteiger partial charge < -0.3 is 0 Å². The molecule has 62 valence electrons. The van der Waals surface area contributed by atoms with Crippen LogP contribution in [0.2, 0.25) is 0 Å². The van der Waals surface area contributed by atoms with E-state index in [1.165, 1.54) is 0 Å². The lowest BCUT2D eigenvalue weighted by Crippen LogP contribution is -2.20. The van der Waals surface area contributed by atoms with E-state index in [-0.39, 0.29) is 11.8 Å². The average molecular weight is 160 g/mol. The number of rotatable bonds is 0. The van der Waals surface area contributed by atoms with Crippen LogP contribution in [0.5, 0.6) is 0 Å². The largest absolute Gasteiger partial charge is 0.298 e. The highest BCUT2D eigenvalue weighted by molar-refractivity contribution is 5.92. The number of hydrogen-bond donors (Lipinski definition) is 0. The molecule has 1 nitrogen and oxygen atoms in total. The highest BCUT2D eigenvalue weighted by atomic mass is 16.1. The van der Waals surface area contributed by atoms with E-state index in [1.54, 1.807) is 0 Å². The molecule has 0 aliphatic heterocycles. The number of carbonyl (C=O) groups is 1. The second-order valence-corrected chi connectivity index (χ2v) is 4.11. The zero-order chi connectivity index (χ0) is 8.13. The minimum atomic E-state index is 0.282. The summed E-state index contributed by atoms with van der Waals surface area (Å²) in [5, 5.41) is 0. The summed E-state index contributed by atoms with van der Waals surface area (Å²) in [6.07, 6.45) is 11.0. The molecule has 3 rings (SSSR count). The summed E-state index contributed by atoms with van der Waals surface area (Å²) in [5.41, 5.74) is 0. The summed E-state index contributed by atoms with van der Waals surface area (Å²) in [6, 6.07) is 0. The molecular weight excluding hydrogens is 148 g/mol. The molecule has 0 spiro atoms. The normalized spacial score (nSPS) is 48.5. The van der Waals surface area contributed by atoms with Gasteiger partial charge in [0, 0.05) is 11.8 Å². The Bertz CT molecular complexity index is 261. The first-order valence-electron chi connectivity index (χ1n) is 4.75. The molecule has 4 atom stereocenters. The van der Waals surface area contributed by atoms with Crippen LogP contribution in [0.1, 0.15) is 12.8 Å². The lowest BCUT2D eigenvalue weighted by atomic mass is 9.76. The van der Waals surface area contributed by atoms with Gasteiger partial charge in [-0.1, -0.05) is 24.3 Å². The summed E-state index contributed by atoms with van der Waals surface area (Å²) in [6.45, 7) is 0. The molecule has 0 heterocycles. The van der Waals surface area contributed by atoms with Crippen molar-refractivity contribution in [3.05, 3.63) is 24.3 Å². The second-order valence-electron chi connectivity index (χ2n) is 4.11. The molecule has 0 radical (unpaired) electrons. The van der Waals surface area contributed by atoms with Gasteiger partial charge in [0.15, 0.2) is 0 Å². The fourth-order valence-electron chi connectivity index (χ4n) is 3.04. The SMILES string of the molecule is O=C1C2C=CC1[C@@H]1CC=CC[C@H]21. The molecule has 12 heavy (non-hydrogen) atoms. The van der Waals surface area contributed by atoms with Crippen LogP contribution in [0.15, 0.2) is 24.3 Å². The maximum atomic E-state index is 11.6. The smallest absolute Gasteiger partial charge is 0.147 e. The molecule has 1 heteroatoms. The van der Waals surface area contributed by atoms with Crippen LogP contribution in [0.3, 0.4) is 0 Å². The van der Waals surface area contributed by atoms with Gasteiger partial charge in [-0.2, -0.15) is 0 Å². The standard InChI is InChI=1S/C11H12O/c12-11-9-5-6-10(11)8-4-2-1-3-7(8)9/h1-2,5-10H,3-4H2/t7-,8+,9?,10?. The van der Waals surface area contributed by atoms with Gasteiger partial charge in [-0.15, -0.1) is 0 Å². The molecule has 2 bridgehead atoms. The Morgan fingerprint density at radius 3 is 2.00 bits per heavy atom. The van der Waals surface area contributed by atoms with Crippen LogP contribution < -0.4 is 0 Å². The molecular formula is C11H12O. The molecule has 0 aromatic carbocycles. The summed E-state index contributed by atoms with van der Waals surface area (Å²) >= 11 is 0. The molecule has 1 saturated carbocycles. The van der Waals surface area contributed by atoms with Crippen molar-refractivity contribution in [3.8, 4) is 0 Å². The van der Waals surface area contributed by atoms with Crippen molar-refractivity contribution in [1.29, 1.82) is 0 Å². The third kappa shape index (κ3) is 0.626. The third-order valence-corrected chi connectivity index (χ3v) is 3.64. The molecule has 2 unspecified atom stereocenters. The first-order valence-corrected chi connectivity index (χ1v) is 4.75. The van der Waals surface area contributed by atoms with Crippen LogP contribution in [0.25, 0.3) is 0 Å². The van der Waals surface area contributed by atoms with Gasteiger partial charge in [0.1, 0.15) is 5.78 Å². The molecule has 0 aromatic heterocycles. The highest BCUT2D eigenvalue weighted by Crippen LogP contribution is 2.50. The molecule has 1 fully saturated rings. The monoisotopic (exact) mass is 160 g/mol. The van der Waals surface area contributed by atoms with Crippen molar-refractivity contribution in [1.82, 2.24) is 0 Å². The van der Waals surface area contributed by atoms with Crippen LogP contribution in [-0.4, -0.2) is 5.78 Å². The Balaban J connectivity index is 2.02. The van der Waals surface area contributed by atoms with Gasteiger partial charge in [-0.3, -0.25) is 4.79 Å². The Labute approximate surface area is 72.2 Å². The number of allylic oxidation sites excluding steroid dienone is 4. The molecule has 3 aliphatic carbocycles. The van der Waals surface area contributed by atoms with Gasteiger partial charge in [-0.05, 0) is 24.7 Å². The van der Waals surface area contributed by atoms with Gasteiger partial charge in [0.25, 0.3) is 0 Å². The maximum absolute atomic E-state index is 11.6. The Morgan fingerprint density at radius 2 is 1.50 bits per heavy atom. The highest BCUT2D eigenvalue weighted by Gasteiger charge is 2.50. The Hall–Kier alpha value is -0.850. The quantitative estimate of drug-likeness (QED) is 0.495. The predicted octanol–water partition coefficient (Wildman–Crippen LogP) is 1.95. The number of fused-ring (bicyclic) bond motifs is 5. The number of ketones is 1. The van der Waals surface area contributed by atoms with Gasteiger partial charge in [0.2, 0.25) is 0 Å². The molecule has 0 N–H and O–H groups in total. The molecule has 0 amide bonds. The fourth-order valence-corrected chi connectivity index (χ4v) is 3.04. The number of hydrogen-bond acceptors (Lipinski definition) is 1. The minimum absolute atomic E-state index is 0.282. The number of Topliss-reactive ketones (excluding diaryl/α,β-unsaturated/α-hetero) is 1. The second kappa shape index (κ2) is 2.09. The van der Waals surface area contributed by atoms with Crippen LogP contribution >= 0.6 is 0 Å². The zero-order valence-corrected chi connectivity index (χ0v) is 6.94. The summed E-state index contributed by atoms with van der Waals surface area (Å²) in [4.78, 5) is 11.6. The summed E-state index contributed by atoms with van der Waals surface area (Å²) in [5.74, 6) is 2.36. The van der Waals surface area contributed by atoms with E-state index >= 15 is 0 Å². The van der Waals surface area contributed by atoms with Crippen molar-refractivity contribution >= 4 is 5.78 Å². The predicted molar refractivity (Wildman–Crippen MR) is 46.5 cm³/mol. The lowest BCUT2D eigenvalue weighted by molar-refractivity contribution is -0.121. The van der Waals surface area contributed by atoms with Crippen molar-refractivity contribution in [2.45, 2.75) is 12.8 Å². The van der Waals surface area contributed by atoms with Gasteiger partial charge in [-0.25, -0.2) is 0 Å². The van der Waals surface area contributed by atoms with Crippen molar-refractivity contribution in [2.75, 3.05) is 0 Å². The topological polar surface area (TPSA) is 17.1 Å². The Morgan fingerprint density at radius 1 is 1.00 bits per heavy atom. The molecule has 0 saturated heterocycles. The van der Waals surface area contributed by atoms with E-state index < -0.39 is 0 Å². The van der Waals surface area contributed by atoms with E-state index in [0.717, 1.165) is 12.8 Å². The molecule has 3 aliphatic rings. The van der Waals surface area contributed by atoms with Crippen LogP contribution in [0, 0.1) is 23.7 Å².